The fraction of sp³-hybridized carbons (Fsp3) is 0.0526. The third-order valence-corrected chi connectivity index (χ3v) is 4.05. The van der Waals surface area contributed by atoms with Gasteiger partial charge in [0.05, 0.1) is 11.2 Å². The Balaban J connectivity index is 1.57. The van der Waals surface area contributed by atoms with Crippen LogP contribution in [0.5, 0.6) is 11.5 Å². The lowest BCUT2D eigenvalue weighted by Crippen LogP contribution is -2.24. The summed E-state index contributed by atoms with van der Waals surface area (Å²) in [5, 5.41) is 16.1. The number of nitrogens with zero attached hydrogens (tertiary/aromatic N) is 1. The van der Waals surface area contributed by atoms with Gasteiger partial charge in [-0.15, -0.1) is 0 Å². The predicted octanol–water partition coefficient (Wildman–Crippen LogP) is 4.38. The van der Waals surface area contributed by atoms with Crippen LogP contribution in [0.2, 0.25) is 10.0 Å². The smallest absolute Gasteiger partial charge is 0.277 e. The van der Waals surface area contributed by atoms with Crippen LogP contribution in [0.4, 0.5) is 0 Å². The Hall–Kier alpha value is -2.76. The second kappa shape index (κ2) is 8.08. The number of aromatic hydroxyl groups is 1. The highest BCUT2D eigenvalue weighted by Crippen LogP contribution is 2.29. The first-order valence-corrected chi connectivity index (χ1v) is 8.40. The van der Waals surface area contributed by atoms with E-state index >= 15 is 0 Å². The normalized spacial score (nSPS) is 11.0. The summed E-state index contributed by atoms with van der Waals surface area (Å²) in [5.74, 6) is -0.0226. The maximum absolute atomic E-state index is 11.8. The van der Waals surface area contributed by atoms with Gasteiger partial charge in [0.1, 0.15) is 11.5 Å². The lowest BCUT2D eigenvalue weighted by Gasteiger charge is -2.06. The number of phenolic OH excluding ortho intramolecular Hbond substituents is 1. The molecule has 0 spiro atoms. The number of fused-ring (bicyclic) bond motifs is 1. The van der Waals surface area contributed by atoms with E-state index in [0.29, 0.717) is 16.3 Å². The lowest BCUT2D eigenvalue weighted by molar-refractivity contribution is -0.123. The van der Waals surface area contributed by atoms with Gasteiger partial charge >= 0.3 is 0 Å². The minimum Gasteiger partial charge on any atom is -0.506 e. The van der Waals surface area contributed by atoms with Crippen LogP contribution in [0, 0.1) is 0 Å². The van der Waals surface area contributed by atoms with Crippen molar-refractivity contribution in [2.75, 3.05) is 6.61 Å². The number of amides is 1. The van der Waals surface area contributed by atoms with Crippen molar-refractivity contribution in [1.29, 1.82) is 0 Å². The average molecular weight is 389 g/mol. The van der Waals surface area contributed by atoms with E-state index in [1.54, 1.807) is 6.07 Å². The van der Waals surface area contributed by atoms with Gasteiger partial charge in [-0.3, -0.25) is 4.79 Å². The Bertz CT molecular complexity index is 990. The van der Waals surface area contributed by atoms with Crippen molar-refractivity contribution in [1.82, 2.24) is 5.43 Å². The van der Waals surface area contributed by atoms with E-state index in [1.807, 2.05) is 36.4 Å². The highest BCUT2D eigenvalue weighted by Gasteiger charge is 2.06. The number of carbonyl (C=O) groups is 1. The molecule has 0 bridgehead atoms. The molecule has 0 aliphatic carbocycles. The number of carbonyl (C=O) groups excluding carboxylic acids is 1. The lowest BCUT2D eigenvalue weighted by atomic mass is 10.1. The van der Waals surface area contributed by atoms with E-state index in [-0.39, 0.29) is 17.4 Å². The maximum Gasteiger partial charge on any atom is 0.277 e. The van der Waals surface area contributed by atoms with Crippen LogP contribution < -0.4 is 10.2 Å². The molecule has 0 aromatic heterocycles. The van der Waals surface area contributed by atoms with Gasteiger partial charge in [0.25, 0.3) is 5.91 Å². The first-order valence-electron chi connectivity index (χ1n) is 7.64. The number of phenols is 1. The number of hydrogen-bond donors (Lipinski definition) is 2. The Morgan fingerprint density at radius 3 is 2.69 bits per heavy atom. The molecule has 1 amide bonds. The number of hydrazone groups is 1. The van der Waals surface area contributed by atoms with Crippen molar-refractivity contribution < 1.29 is 14.6 Å². The fourth-order valence-corrected chi connectivity index (χ4v) is 2.81. The fourth-order valence-electron chi connectivity index (χ4n) is 2.30. The molecule has 5 nitrogen and oxygen atoms in total. The summed E-state index contributed by atoms with van der Waals surface area (Å²) < 4.78 is 5.46. The van der Waals surface area contributed by atoms with Crippen molar-refractivity contribution in [2.24, 2.45) is 5.10 Å². The minimum atomic E-state index is -0.443. The van der Waals surface area contributed by atoms with Crippen LogP contribution in [0.1, 0.15) is 5.56 Å². The maximum atomic E-state index is 11.8. The second-order valence-corrected chi connectivity index (χ2v) is 6.26. The molecule has 0 saturated heterocycles. The van der Waals surface area contributed by atoms with Crippen molar-refractivity contribution in [3.63, 3.8) is 0 Å². The molecule has 0 heterocycles. The van der Waals surface area contributed by atoms with Crippen LogP contribution >= 0.6 is 23.2 Å². The highest BCUT2D eigenvalue weighted by molar-refractivity contribution is 6.36. The molecule has 0 radical (unpaired) electrons. The topological polar surface area (TPSA) is 70.9 Å². The summed E-state index contributed by atoms with van der Waals surface area (Å²) in [4.78, 5) is 11.8. The molecule has 0 aliphatic rings. The van der Waals surface area contributed by atoms with Gasteiger partial charge in [-0.2, -0.15) is 5.10 Å². The molecule has 3 aromatic carbocycles. The molecule has 0 saturated carbocycles. The van der Waals surface area contributed by atoms with Gasteiger partial charge < -0.3 is 9.84 Å². The quantitative estimate of drug-likeness (QED) is 0.503. The number of nitrogens with one attached hydrogen (secondary N) is 1. The predicted molar refractivity (Wildman–Crippen MR) is 103 cm³/mol. The molecule has 0 aliphatic heterocycles. The van der Waals surface area contributed by atoms with Gasteiger partial charge in [-0.1, -0.05) is 53.5 Å². The van der Waals surface area contributed by atoms with Crippen LogP contribution in [0.25, 0.3) is 10.8 Å². The van der Waals surface area contributed by atoms with E-state index in [4.69, 9.17) is 27.9 Å². The van der Waals surface area contributed by atoms with E-state index in [2.05, 4.69) is 10.5 Å². The zero-order valence-electron chi connectivity index (χ0n) is 13.4. The molecule has 0 fully saturated rings. The standard InChI is InChI=1S/C19H14Cl2N2O3/c20-15-7-14(19(25)17(21)9-15)10-22-23-18(24)11-26-16-6-5-12-3-1-2-4-13(12)8-16/h1-10,25H,11H2,(H,23,24). The van der Waals surface area contributed by atoms with Crippen molar-refractivity contribution in [2.45, 2.75) is 0 Å². The Morgan fingerprint density at radius 2 is 1.88 bits per heavy atom. The summed E-state index contributed by atoms with van der Waals surface area (Å²) in [5.41, 5.74) is 2.60. The molecule has 2 N–H and O–H groups in total. The summed E-state index contributed by atoms with van der Waals surface area (Å²) in [6.07, 6.45) is 1.25. The van der Waals surface area contributed by atoms with Gasteiger partial charge in [0.15, 0.2) is 6.61 Å². The second-order valence-electron chi connectivity index (χ2n) is 5.42. The summed E-state index contributed by atoms with van der Waals surface area (Å²) in [6.45, 7) is -0.196. The van der Waals surface area contributed by atoms with Crippen LogP contribution in [-0.2, 0) is 4.79 Å². The molecule has 7 heteroatoms. The largest absolute Gasteiger partial charge is 0.506 e. The molecular weight excluding hydrogens is 375 g/mol. The highest BCUT2D eigenvalue weighted by atomic mass is 35.5. The number of hydrogen-bond acceptors (Lipinski definition) is 4. The molecule has 3 rings (SSSR count). The minimum absolute atomic E-state index is 0.102. The Kier molecular flexibility index (Phi) is 5.61. The zero-order valence-corrected chi connectivity index (χ0v) is 15.0. The molecule has 0 atom stereocenters. The van der Waals surface area contributed by atoms with Gasteiger partial charge in [-0.25, -0.2) is 5.43 Å². The summed E-state index contributed by atoms with van der Waals surface area (Å²) >= 11 is 11.7. The van der Waals surface area contributed by atoms with E-state index in [1.165, 1.54) is 18.3 Å². The van der Waals surface area contributed by atoms with Crippen LogP contribution in [-0.4, -0.2) is 23.8 Å². The molecule has 3 aromatic rings. The molecule has 132 valence electrons. The van der Waals surface area contributed by atoms with E-state index in [9.17, 15) is 9.90 Å². The molecule has 26 heavy (non-hydrogen) atoms. The van der Waals surface area contributed by atoms with Crippen molar-refractivity contribution in [3.8, 4) is 11.5 Å². The molecule has 0 unspecified atom stereocenters. The Labute approximate surface area is 159 Å². The first kappa shape index (κ1) is 18.0. The zero-order chi connectivity index (χ0) is 18.5. The summed E-state index contributed by atoms with van der Waals surface area (Å²) in [7, 11) is 0. The van der Waals surface area contributed by atoms with Gasteiger partial charge in [0, 0.05) is 10.6 Å². The monoisotopic (exact) mass is 388 g/mol. The van der Waals surface area contributed by atoms with Gasteiger partial charge in [0.2, 0.25) is 0 Å². The third kappa shape index (κ3) is 4.45. The number of rotatable bonds is 5. The van der Waals surface area contributed by atoms with Crippen molar-refractivity contribution in [3.05, 3.63) is 70.2 Å². The number of benzene rings is 3. The van der Waals surface area contributed by atoms with E-state index in [0.717, 1.165) is 10.8 Å². The number of halogens is 2. The van der Waals surface area contributed by atoms with E-state index < -0.39 is 5.91 Å². The van der Waals surface area contributed by atoms with Crippen molar-refractivity contribution >= 4 is 46.1 Å². The molecular formula is C19H14Cl2N2O3. The van der Waals surface area contributed by atoms with Gasteiger partial charge in [-0.05, 0) is 35.0 Å². The Morgan fingerprint density at radius 1 is 1.12 bits per heavy atom. The van der Waals surface area contributed by atoms with Crippen LogP contribution in [0.3, 0.4) is 0 Å². The first-order chi connectivity index (χ1) is 12.5. The third-order valence-electron chi connectivity index (χ3n) is 3.54. The summed E-state index contributed by atoms with van der Waals surface area (Å²) in [6, 6.07) is 16.3. The average Bonchev–Trinajstić information content (AvgIpc) is 2.63. The van der Waals surface area contributed by atoms with Crippen LogP contribution in [0.15, 0.2) is 59.7 Å². The number of ether oxygens (including phenoxy) is 1. The SMILES string of the molecule is O=C(COc1ccc2ccccc2c1)NN=Cc1cc(Cl)cc(Cl)c1O.